The molecular formula is C27H24FeN2. The molecule has 3 aromatic carbocycles. The third-order valence-corrected chi connectivity index (χ3v) is 4.93. The summed E-state index contributed by atoms with van der Waals surface area (Å²) in [6.45, 7) is 2.18. The largest absolute Gasteiger partial charge is 2.00 e. The van der Waals surface area contributed by atoms with Crippen molar-refractivity contribution < 1.29 is 17.1 Å². The fourth-order valence-electron chi connectivity index (χ4n) is 3.38. The van der Waals surface area contributed by atoms with Crippen LogP contribution in [0, 0.1) is 0 Å². The van der Waals surface area contributed by atoms with Crippen molar-refractivity contribution in [3.05, 3.63) is 143 Å². The van der Waals surface area contributed by atoms with Gasteiger partial charge in [-0.1, -0.05) is 73.7 Å². The summed E-state index contributed by atoms with van der Waals surface area (Å²) in [6, 6.07) is 29.1. The number of allylic oxidation sites excluding steroid dienone is 6. The van der Waals surface area contributed by atoms with Crippen molar-refractivity contribution in [1.82, 2.24) is 0 Å². The zero-order chi connectivity index (χ0) is 19.9. The van der Waals surface area contributed by atoms with E-state index < -0.39 is 0 Å². The predicted molar refractivity (Wildman–Crippen MR) is 123 cm³/mol. The molecule has 0 atom stereocenters. The van der Waals surface area contributed by atoms with Gasteiger partial charge in [0.25, 0.3) is 0 Å². The van der Waals surface area contributed by atoms with E-state index in [0.29, 0.717) is 0 Å². The number of aryl methyl sites for hydroxylation is 1. The van der Waals surface area contributed by atoms with Crippen LogP contribution in [-0.4, -0.2) is 0 Å². The number of benzene rings is 2. The molecule has 0 unspecified atom stereocenters. The number of anilines is 1. The van der Waals surface area contributed by atoms with Crippen LogP contribution in [0.1, 0.15) is 18.1 Å². The minimum atomic E-state index is 0. The average Bonchev–Trinajstić information content (AvgIpc) is 3.57. The van der Waals surface area contributed by atoms with Crippen LogP contribution >= 0.6 is 0 Å². The van der Waals surface area contributed by atoms with Gasteiger partial charge in [-0.25, -0.2) is 12.1 Å². The first-order chi connectivity index (χ1) is 14.4. The van der Waals surface area contributed by atoms with Crippen molar-refractivity contribution in [2.24, 2.45) is 0 Å². The van der Waals surface area contributed by atoms with Gasteiger partial charge in [-0.15, -0.1) is 0 Å². The first kappa shape index (κ1) is 21.6. The minimum Gasteiger partial charge on any atom is -0.596 e. The topological polar surface area (TPSA) is 17.3 Å². The van der Waals surface area contributed by atoms with Crippen LogP contribution in [0.25, 0.3) is 11.0 Å². The van der Waals surface area contributed by atoms with Crippen molar-refractivity contribution in [2.75, 3.05) is 5.01 Å². The maximum Gasteiger partial charge on any atom is 2.00 e. The predicted octanol–water partition coefficient (Wildman–Crippen LogP) is 7.18. The zero-order valence-corrected chi connectivity index (χ0v) is 18.0. The Morgan fingerprint density at radius 1 is 0.833 bits per heavy atom. The number of para-hydroxylation sites is 1. The summed E-state index contributed by atoms with van der Waals surface area (Å²) in [6.07, 6.45) is 11.4. The SMILES string of the molecule is CCc1ccc(C2=C[N-]N(c3ccccc3)C2=C2C=CC=C2)cc1.[Fe+2].c1cc[cH-]c1. The maximum absolute atomic E-state index is 4.68. The van der Waals surface area contributed by atoms with E-state index in [1.54, 1.807) is 0 Å². The third kappa shape index (κ3) is 4.88. The van der Waals surface area contributed by atoms with E-state index in [4.69, 9.17) is 0 Å². The average molecular weight is 432 g/mol. The number of hydrogen-bond donors (Lipinski definition) is 0. The Bertz CT molecular complexity index is 1010. The van der Waals surface area contributed by atoms with E-state index >= 15 is 0 Å². The van der Waals surface area contributed by atoms with Gasteiger partial charge in [0.15, 0.2) is 0 Å². The van der Waals surface area contributed by atoms with Crippen molar-refractivity contribution in [2.45, 2.75) is 13.3 Å². The van der Waals surface area contributed by atoms with Crippen LogP contribution < -0.4 is 5.01 Å². The Kier molecular flexibility index (Phi) is 7.62. The summed E-state index contributed by atoms with van der Waals surface area (Å²) in [4.78, 5) is 0. The molecule has 0 amide bonds. The van der Waals surface area contributed by atoms with Crippen LogP contribution in [0.2, 0.25) is 0 Å². The summed E-state index contributed by atoms with van der Waals surface area (Å²) < 4.78 is 0. The molecule has 150 valence electrons. The van der Waals surface area contributed by atoms with Crippen molar-refractivity contribution in [1.29, 1.82) is 0 Å². The van der Waals surface area contributed by atoms with Crippen LogP contribution in [0.15, 0.2) is 127 Å². The molecule has 1 aliphatic carbocycles. The standard InChI is InChI=1S/C22H19N2.C5H5.Fe/c1-2-17-12-14-18(15-13-17)21-16-23-24(20-10-4-3-5-11-20)22(21)19-8-6-7-9-19;1-2-4-5-3-1;/h3-16H,2H2,1H3;1-5H;/q2*-1;+2. The molecule has 3 aromatic rings. The fraction of sp³-hybridized carbons (Fsp3) is 0.0741. The zero-order valence-electron chi connectivity index (χ0n) is 16.9. The molecule has 0 radical (unpaired) electrons. The quantitative estimate of drug-likeness (QED) is 0.317. The first-order valence-electron chi connectivity index (χ1n) is 9.98. The van der Waals surface area contributed by atoms with E-state index in [-0.39, 0.29) is 17.1 Å². The molecule has 2 nitrogen and oxygen atoms in total. The van der Waals surface area contributed by atoms with E-state index in [9.17, 15) is 0 Å². The Balaban J connectivity index is 0.000000376. The first-order valence-corrected chi connectivity index (χ1v) is 9.98. The van der Waals surface area contributed by atoms with E-state index in [1.165, 1.54) is 16.7 Å². The van der Waals surface area contributed by atoms with Gasteiger partial charge in [-0.2, -0.15) is 24.4 Å². The van der Waals surface area contributed by atoms with Gasteiger partial charge in [0, 0.05) is 11.4 Å². The molecule has 30 heavy (non-hydrogen) atoms. The molecule has 0 N–H and O–H groups in total. The van der Waals surface area contributed by atoms with Gasteiger partial charge in [-0.05, 0) is 40.8 Å². The Hall–Kier alpha value is -3.13. The second-order valence-electron chi connectivity index (χ2n) is 6.84. The molecule has 0 fully saturated rings. The van der Waals surface area contributed by atoms with E-state index in [2.05, 4.69) is 73.1 Å². The Labute approximate surface area is 189 Å². The molecule has 0 aromatic heterocycles. The van der Waals surface area contributed by atoms with Gasteiger partial charge in [0.1, 0.15) is 0 Å². The molecule has 1 aliphatic heterocycles. The smallest absolute Gasteiger partial charge is 0.596 e. The van der Waals surface area contributed by atoms with Crippen LogP contribution in [0.4, 0.5) is 5.69 Å². The summed E-state index contributed by atoms with van der Waals surface area (Å²) >= 11 is 0. The molecule has 3 heteroatoms. The maximum atomic E-state index is 4.68. The summed E-state index contributed by atoms with van der Waals surface area (Å²) in [5, 5.41) is 2.03. The monoisotopic (exact) mass is 432 g/mol. The van der Waals surface area contributed by atoms with Gasteiger partial charge in [-0.3, -0.25) is 0 Å². The second kappa shape index (κ2) is 10.6. The normalized spacial score (nSPS) is 14.0. The molecule has 1 heterocycles. The van der Waals surface area contributed by atoms with Crippen LogP contribution in [-0.2, 0) is 23.5 Å². The summed E-state index contributed by atoms with van der Waals surface area (Å²) in [5.41, 5.74) is 11.8. The van der Waals surface area contributed by atoms with Gasteiger partial charge < -0.3 is 10.4 Å². The molecule has 0 bridgehead atoms. The fourth-order valence-corrected chi connectivity index (χ4v) is 3.38. The van der Waals surface area contributed by atoms with Crippen LogP contribution in [0.3, 0.4) is 0 Å². The Morgan fingerprint density at radius 2 is 1.50 bits per heavy atom. The number of rotatable bonds is 3. The Morgan fingerprint density at radius 3 is 2.07 bits per heavy atom. The molecule has 2 aliphatic rings. The number of nitrogens with zero attached hydrogens (tertiary/aromatic N) is 2. The minimum absolute atomic E-state index is 0. The molecule has 0 spiro atoms. The van der Waals surface area contributed by atoms with Crippen molar-refractivity contribution >= 4 is 11.3 Å². The molecule has 0 saturated heterocycles. The van der Waals surface area contributed by atoms with Gasteiger partial charge >= 0.3 is 17.1 Å². The second-order valence-corrected chi connectivity index (χ2v) is 6.84. The molecule has 0 saturated carbocycles. The van der Waals surface area contributed by atoms with Crippen LogP contribution in [0.5, 0.6) is 0 Å². The summed E-state index contributed by atoms with van der Waals surface area (Å²) in [5.74, 6) is 0. The van der Waals surface area contributed by atoms with Gasteiger partial charge in [0.2, 0.25) is 0 Å². The molecular weight excluding hydrogens is 408 g/mol. The van der Waals surface area contributed by atoms with E-state index in [0.717, 1.165) is 23.4 Å². The summed E-state index contributed by atoms with van der Waals surface area (Å²) in [7, 11) is 0. The van der Waals surface area contributed by atoms with E-state index in [1.807, 2.05) is 59.7 Å². The van der Waals surface area contributed by atoms with Crippen molar-refractivity contribution in [3.63, 3.8) is 0 Å². The van der Waals surface area contributed by atoms with Gasteiger partial charge in [0.05, 0.1) is 0 Å². The van der Waals surface area contributed by atoms with Crippen molar-refractivity contribution in [3.8, 4) is 0 Å². The molecule has 5 rings (SSSR count). The number of hydrogen-bond acceptors (Lipinski definition) is 1. The third-order valence-electron chi connectivity index (χ3n) is 4.93.